The van der Waals surface area contributed by atoms with E-state index in [1.54, 1.807) is 4.90 Å². The van der Waals surface area contributed by atoms with Gasteiger partial charge in [0.15, 0.2) is 0 Å². The molecule has 0 radical (unpaired) electrons. The molecule has 18 heavy (non-hydrogen) atoms. The van der Waals surface area contributed by atoms with Crippen molar-refractivity contribution in [1.82, 2.24) is 0 Å². The predicted octanol–water partition coefficient (Wildman–Crippen LogP) is 4.36. The van der Waals surface area contributed by atoms with Crippen molar-refractivity contribution in [1.29, 1.82) is 0 Å². The maximum Gasteiger partial charge on any atom is 0.218 e. The van der Waals surface area contributed by atoms with E-state index in [9.17, 15) is 4.79 Å². The van der Waals surface area contributed by atoms with Crippen LogP contribution in [-0.4, -0.2) is 6.41 Å². The van der Waals surface area contributed by atoms with Gasteiger partial charge >= 0.3 is 0 Å². The quantitative estimate of drug-likeness (QED) is 0.772. The Hall–Kier alpha value is -1.61. The molecule has 0 aliphatic rings. The summed E-state index contributed by atoms with van der Waals surface area (Å²) in [5.74, 6) is 0. The second kappa shape index (κ2) is 5.36. The van der Waals surface area contributed by atoms with Crippen LogP contribution in [-0.2, 0) is 4.79 Å². The molecular formula is C15H14BrNO. The van der Waals surface area contributed by atoms with Gasteiger partial charge in [0.1, 0.15) is 0 Å². The van der Waals surface area contributed by atoms with Gasteiger partial charge < -0.3 is 0 Å². The fourth-order valence-electron chi connectivity index (χ4n) is 1.87. The molecule has 2 aromatic rings. The minimum atomic E-state index is 0.852. The van der Waals surface area contributed by atoms with Gasteiger partial charge in [-0.05, 0) is 49.2 Å². The molecule has 0 fully saturated rings. The van der Waals surface area contributed by atoms with Crippen molar-refractivity contribution in [3.8, 4) is 0 Å². The Labute approximate surface area is 115 Å². The van der Waals surface area contributed by atoms with Gasteiger partial charge in [-0.25, -0.2) is 0 Å². The molecule has 0 spiro atoms. The van der Waals surface area contributed by atoms with Gasteiger partial charge in [0.05, 0.1) is 5.69 Å². The third-order valence-corrected chi connectivity index (χ3v) is 3.79. The lowest BCUT2D eigenvalue weighted by atomic mass is 10.1. The topological polar surface area (TPSA) is 20.3 Å². The Bertz CT molecular complexity index is 580. The number of benzene rings is 2. The van der Waals surface area contributed by atoms with Crippen molar-refractivity contribution in [3.63, 3.8) is 0 Å². The molecule has 1 amide bonds. The highest BCUT2D eigenvalue weighted by molar-refractivity contribution is 9.10. The van der Waals surface area contributed by atoms with Crippen LogP contribution in [0, 0.1) is 13.8 Å². The predicted molar refractivity (Wildman–Crippen MR) is 78.3 cm³/mol. The average Bonchev–Trinajstić information content (AvgIpc) is 2.37. The fourth-order valence-corrected chi connectivity index (χ4v) is 2.12. The first-order chi connectivity index (χ1) is 8.63. The van der Waals surface area contributed by atoms with Gasteiger partial charge in [0.2, 0.25) is 6.41 Å². The molecule has 0 aromatic heterocycles. The summed E-state index contributed by atoms with van der Waals surface area (Å²) in [5.41, 5.74) is 3.97. The van der Waals surface area contributed by atoms with Gasteiger partial charge in [-0.2, -0.15) is 0 Å². The molecular weight excluding hydrogens is 290 g/mol. The van der Waals surface area contributed by atoms with Gasteiger partial charge in [0.25, 0.3) is 0 Å². The van der Waals surface area contributed by atoms with Crippen LogP contribution in [0.25, 0.3) is 0 Å². The average molecular weight is 304 g/mol. The lowest BCUT2D eigenvalue weighted by Gasteiger charge is -2.20. The van der Waals surface area contributed by atoms with E-state index in [0.29, 0.717) is 0 Å². The summed E-state index contributed by atoms with van der Waals surface area (Å²) in [6.07, 6.45) is 0.852. The molecule has 0 aliphatic carbocycles. The number of rotatable bonds is 3. The summed E-state index contributed by atoms with van der Waals surface area (Å²) in [4.78, 5) is 13.0. The van der Waals surface area contributed by atoms with Crippen LogP contribution in [0.15, 0.2) is 46.9 Å². The fraction of sp³-hybridized carbons (Fsp3) is 0.133. The van der Waals surface area contributed by atoms with Gasteiger partial charge in [0, 0.05) is 10.2 Å². The van der Waals surface area contributed by atoms with E-state index in [1.807, 2.05) is 56.3 Å². The van der Waals surface area contributed by atoms with Crippen LogP contribution < -0.4 is 4.90 Å². The number of nitrogens with zero attached hydrogens (tertiary/aromatic N) is 1. The first kappa shape index (κ1) is 12.8. The van der Waals surface area contributed by atoms with Crippen molar-refractivity contribution in [2.45, 2.75) is 13.8 Å². The van der Waals surface area contributed by atoms with Crippen molar-refractivity contribution in [3.05, 3.63) is 58.1 Å². The van der Waals surface area contributed by atoms with Crippen LogP contribution in [0.4, 0.5) is 11.4 Å². The Balaban J connectivity index is 2.49. The van der Waals surface area contributed by atoms with E-state index in [2.05, 4.69) is 15.9 Å². The third-order valence-electron chi connectivity index (χ3n) is 2.90. The Morgan fingerprint density at radius 1 is 1.06 bits per heavy atom. The van der Waals surface area contributed by atoms with E-state index in [-0.39, 0.29) is 0 Å². The van der Waals surface area contributed by atoms with Crippen LogP contribution in [0.1, 0.15) is 11.1 Å². The summed E-state index contributed by atoms with van der Waals surface area (Å²) in [7, 11) is 0. The molecule has 2 nitrogen and oxygen atoms in total. The highest BCUT2D eigenvalue weighted by atomic mass is 79.9. The first-order valence-electron chi connectivity index (χ1n) is 5.70. The molecule has 0 heterocycles. The number of para-hydroxylation sites is 1. The Morgan fingerprint density at radius 2 is 1.78 bits per heavy atom. The van der Waals surface area contributed by atoms with E-state index in [4.69, 9.17) is 0 Å². The summed E-state index contributed by atoms with van der Waals surface area (Å²) >= 11 is 3.46. The lowest BCUT2D eigenvalue weighted by Crippen LogP contribution is -2.15. The maximum atomic E-state index is 11.4. The zero-order chi connectivity index (χ0) is 13.1. The van der Waals surface area contributed by atoms with Crippen molar-refractivity contribution in [2.24, 2.45) is 0 Å². The van der Waals surface area contributed by atoms with E-state index in [0.717, 1.165) is 33.4 Å². The molecule has 2 aromatic carbocycles. The number of hydrogen-bond donors (Lipinski definition) is 0. The number of carbonyl (C=O) groups excluding carboxylic acids is 1. The molecule has 2 rings (SSSR count). The monoisotopic (exact) mass is 303 g/mol. The van der Waals surface area contributed by atoms with Crippen molar-refractivity contribution >= 4 is 33.7 Å². The molecule has 0 saturated carbocycles. The van der Waals surface area contributed by atoms with Crippen LogP contribution >= 0.6 is 15.9 Å². The molecule has 0 bridgehead atoms. The largest absolute Gasteiger partial charge is 0.283 e. The highest BCUT2D eigenvalue weighted by Crippen LogP contribution is 2.29. The zero-order valence-corrected chi connectivity index (χ0v) is 11.9. The van der Waals surface area contributed by atoms with Gasteiger partial charge in [-0.1, -0.05) is 34.1 Å². The van der Waals surface area contributed by atoms with Crippen LogP contribution in [0.3, 0.4) is 0 Å². The number of amides is 1. The third kappa shape index (κ3) is 2.46. The van der Waals surface area contributed by atoms with E-state index < -0.39 is 0 Å². The zero-order valence-electron chi connectivity index (χ0n) is 10.4. The standard InChI is InChI=1S/C15H14BrNO/c1-11-5-3-4-6-15(11)17(10-18)13-7-8-14(16)12(2)9-13/h3-10H,1-2H3. The van der Waals surface area contributed by atoms with Crippen LogP contribution in [0.5, 0.6) is 0 Å². The van der Waals surface area contributed by atoms with E-state index in [1.165, 1.54) is 0 Å². The molecule has 0 atom stereocenters. The Morgan fingerprint density at radius 3 is 2.39 bits per heavy atom. The number of halogens is 1. The number of carbonyl (C=O) groups is 1. The summed E-state index contributed by atoms with van der Waals surface area (Å²) in [6, 6.07) is 13.7. The van der Waals surface area contributed by atoms with Crippen molar-refractivity contribution in [2.75, 3.05) is 4.90 Å². The number of aryl methyl sites for hydroxylation is 2. The SMILES string of the molecule is Cc1cc(N(C=O)c2ccccc2C)ccc1Br. The second-order valence-electron chi connectivity index (χ2n) is 4.20. The minimum Gasteiger partial charge on any atom is -0.283 e. The summed E-state index contributed by atoms with van der Waals surface area (Å²) in [5, 5.41) is 0. The van der Waals surface area contributed by atoms with Crippen molar-refractivity contribution < 1.29 is 4.79 Å². The van der Waals surface area contributed by atoms with Gasteiger partial charge in [-0.3, -0.25) is 9.69 Å². The molecule has 0 saturated heterocycles. The lowest BCUT2D eigenvalue weighted by molar-refractivity contribution is -0.106. The number of hydrogen-bond acceptors (Lipinski definition) is 1. The smallest absolute Gasteiger partial charge is 0.218 e. The number of anilines is 2. The van der Waals surface area contributed by atoms with Crippen LogP contribution in [0.2, 0.25) is 0 Å². The Kier molecular flexibility index (Phi) is 3.82. The highest BCUT2D eigenvalue weighted by Gasteiger charge is 2.10. The summed E-state index contributed by atoms with van der Waals surface area (Å²) < 4.78 is 1.04. The first-order valence-corrected chi connectivity index (χ1v) is 6.49. The molecule has 0 aliphatic heterocycles. The molecule has 92 valence electrons. The minimum absolute atomic E-state index is 0.852. The maximum absolute atomic E-state index is 11.4. The summed E-state index contributed by atoms with van der Waals surface area (Å²) in [6.45, 7) is 4.01. The van der Waals surface area contributed by atoms with E-state index >= 15 is 0 Å². The molecule has 0 unspecified atom stereocenters. The molecule has 3 heteroatoms. The second-order valence-corrected chi connectivity index (χ2v) is 5.05. The van der Waals surface area contributed by atoms with Gasteiger partial charge in [-0.15, -0.1) is 0 Å². The normalized spacial score (nSPS) is 10.2. The molecule has 0 N–H and O–H groups in total.